The van der Waals surface area contributed by atoms with Gasteiger partial charge >= 0.3 is 0 Å². The minimum Gasteiger partial charge on any atom is -0.507 e. The van der Waals surface area contributed by atoms with Gasteiger partial charge in [0.25, 0.3) is 0 Å². The van der Waals surface area contributed by atoms with Crippen LogP contribution in [0.1, 0.15) is 18.1 Å². The highest BCUT2D eigenvalue weighted by atomic mass is 32.2. The Morgan fingerprint density at radius 2 is 1.82 bits per heavy atom. The average Bonchev–Trinajstić information content (AvgIpc) is 2.54. The number of benzene rings is 2. The largest absolute Gasteiger partial charge is 0.507 e. The minimum atomic E-state index is -0.157. The van der Waals surface area contributed by atoms with Gasteiger partial charge in [0.15, 0.2) is 0 Å². The summed E-state index contributed by atoms with van der Waals surface area (Å²) in [5.74, 6) is 1.12. The van der Waals surface area contributed by atoms with Gasteiger partial charge in [-0.15, -0.1) is 11.8 Å². The number of carbonyl (C=O) groups excluding carboxylic acids is 1. The molecule has 2 N–H and O–H groups in total. The smallest absolute Gasteiger partial charge is 0.250 e. The van der Waals surface area contributed by atoms with E-state index in [1.165, 1.54) is 17.3 Å². The van der Waals surface area contributed by atoms with Gasteiger partial charge in [-0.2, -0.15) is 5.10 Å². The number of hydrazone groups is 1. The van der Waals surface area contributed by atoms with Crippen LogP contribution < -0.4 is 5.43 Å². The molecule has 0 aromatic heterocycles. The molecule has 0 aliphatic heterocycles. The molecule has 0 aliphatic carbocycles. The zero-order valence-electron chi connectivity index (χ0n) is 12.3. The van der Waals surface area contributed by atoms with Gasteiger partial charge in [-0.1, -0.05) is 42.5 Å². The molecule has 0 bridgehead atoms. The number of nitrogens with one attached hydrogen (secondary N) is 1. The van der Waals surface area contributed by atoms with Crippen LogP contribution in [0.25, 0.3) is 0 Å². The fraction of sp³-hybridized carbons (Fsp3) is 0.176. The maximum absolute atomic E-state index is 11.8. The highest BCUT2D eigenvalue weighted by Crippen LogP contribution is 2.16. The van der Waals surface area contributed by atoms with Crippen LogP contribution in [0.3, 0.4) is 0 Å². The first-order valence-electron chi connectivity index (χ1n) is 6.90. The predicted octanol–water partition coefficient (Wildman–Crippen LogP) is 3.17. The molecule has 4 nitrogen and oxygen atoms in total. The van der Waals surface area contributed by atoms with Crippen molar-refractivity contribution in [1.29, 1.82) is 0 Å². The molecule has 2 aromatic carbocycles. The molecule has 0 heterocycles. The van der Waals surface area contributed by atoms with Crippen molar-refractivity contribution in [3.05, 3.63) is 65.7 Å². The molecule has 0 fully saturated rings. The van der Waals surface area contributed by atoms with Crippen molar-refractivity contribution in [1.82, 2.24) is 5.43 Å². The SMILES string of the molecule is C/C(=N\NC(=O)CSCc1ccccc1)c1ccccc1O. The van der Waals surface area contributed by atoms with Gasteiger partial charge in [-0.3, -0.25) is 4.79 Å². The zero-order chi connectivity index (χ0) is 15.8. The third-order valence-electron chi connectivity index (χ3n) is 2.99. The van der Waals surface area contributed by atoms with E-state index in [0.717, 1.165) is 5.75 Å². The third kappa shape index (κ3) is 4.93. The van der Waals surface area contributed by atoms with Crippen molar-refractivity contribution in [2.24, 2.45) is 5.10 Å². The molecule has 1 amide bonds. The van der Waals surface area contributed by atoms with E-state index in [-0.39, 0.29) is 11.7 Å². The molecule has 0 saturated heterocycles. The van der Waals surface area contributed by atoms with Gasteiger partial charge in [0.1, 0.15) is 5.75 Å². The number of carbonyl (C=O) groups is 1. The first-order valence-corrected chi connectivity index (χ1v) is 8.05. The first-order chi connectivity index (χ1) is 10.7. The third-order valence-corrected chi connectivity index (χ3v) is 3.99. The summed E-state index contributed by atoms with van der Waals surface area (Å²) >= 11 is 1.53. The topological polar surface area (TPSA) is 61.7 Å². The summed E-state index contributed by atoms with van der Waals surface area (Å²) in [7, 11) is 0. The zero-order valence-corrected chi connectivity index (χ0v) is 13.1. The number of amides is 1. The Morgan fingerprint density at radius 1 is 1.14 bits per heavy atom. The highest BCUT2D eigenvalue weighted by Gasteiger charge is 2.05. The van der Waals surface area contributed by atoms with Gasteiger partial charge in [0.05, 0.1) is 11.5 Å². The Kier molecular flexibility index (Phi) is 6.03. The lowest BCUT2D eigenvalue weighted by atomic mass is 10.1. The van der Waals surface area contributed by atoms with E-state index < -0.39 is 0 Å². The van der Waals surface area contributed by atoms with Crippen molar-refractivity contribution in [2.75, 3.05) is 5.75 Å². The van der Waals surface area contributed by atoms with Crippen LogP contribution in [0.15, 0.2) is 59.7 Å². The Bertz CT molecular complexity index is 657. The van der Waals surface area contributed by atoms with Crippen molar-refractivity contribution in [3.8, 4) is 5.75 Å². The summed E-state index contributed by atoms with van der Waals surface area (Å²) < 4.78 is 0. The fourth-order valence-electron chi connectivity index (χ4n) is 1.85. The first kappa shape index (κ1) is 16.1. The van der Waals surface area contributed by atoms with Crippen molar-refractivity contribution in [2.45, 2.75) is 12.7 Å². The van der Waals surface area contributed by atoms with E-state index in [1.54, 1.807) is 25.1 Å². The van der Waals surface area contributed by atoms with Crippen molar-refractivity contribution < 1.29 is 9.90 Å². The lowest BCUT2D eigenvalue weighted by molar-refractivity contribution is -0.118. The maximum atomic E-state index is 11.8. The van der Waals surface area contributed by atoms with Crippen LogP contribution in [-0.2, 0) is 10.5 Å². The maximum Gasteiger partial charge on any atom is 0.250 e. The molecular weight excluding hydrogens is 296 g/mol. The molecule has 22 heavy (non-hydrogen) atoms. The quantitative estimate of drug-likeness (QED) is 0.636. The molecular formula is C17H18N2O2S. The number of para-hydroxylation sites is 1. The van der Waals surface area contributed by atoms with E-state index in [9.17, 15) is 9.90 Å². The summed E-state index contributed by atoms with van der Waals surface area (Å²) in [6.45, 7) is 1.74. The molecule has 0 unspecified atom stereocenters. The van der Waals surface area contributed by atoms with E-state index in [0.29, 0.717) is 17.0 Å². The van der Waals surface area contributed by atoms with Gasteiger partial charge < -0.3 is 5.11 Å². The predicted molar refractivity (Wildman–Crippen MR) is 91.1 cm³/mol. The molecule has 2 rings (SSSR count). The Hall–Kier alpha value is -2.27. The summed E-state index contributed by atoms with van der Waals surface area (Å²) in [6.07, 6.45) is 0. The minimum absolute atomic E-state index is 0.149. The summed E-state index contributed by atoms with van der Waals surface area (Å²) in [5, 5.41) is 13.7. The summed E-state index contributed by atoms with van der Waals surface area (Å²) in [5.41, 5.74) is 4.88. The van der Waals surface area contributed by atoms with E-state index >= 15 is 0 Å². The number of phenols is 1. The number of aromatic hydroxyl groups is 1. The number of hydrogen-bond donors (Lipinski definition) is 2. The summed E-state index contributed by atoms with van der Waals surface area (Å²) in [4.78, 5) is 11.8. The molecule has 0 atom stereocenters. The second-order valence-electron chi connectivity index (χ2n) is 4.73. The van der Waals surface area contributed by atoms with Crippen molar-refractivity contribution in [3.63, 3.8) is 0 Å². The standard InChI is InChI=1S/C17H18N2O2S/c1-13(15-9-5-6-10-16(15)20)18-19-17(21)12-22-11-14-7-3-2-4-8-14/h2-10,20H,11-12H2,1H3,(H,19,21)/b18-13+. The number of nitrogens with zero attached hydrogens (tertiary/aromatic N) is 1. The van der Waals surface area contributed by atoms with Crippen LogP contribution >= 0.6 is 11.8 Å². The lowest BCUT2D eigenvalue weighted by Crippen LogP contribution is -2.21. The molecule has 2 aromatic rings. The number of rotatable bonds is 6. The van der Waals surface area contributed by atoms with Crippen LogP contribution in [0.5, 0.6) is 5.75 Å². The Labute approximate surface area is 134 Å². The molecule has 0 aliphatic rings. The Morgan fingerprint density at radius 3 is 2.55 bits per heavy atom. The van der Waals surface area contributed by atoms with E-state index in [2.05, 4.69) is 10.5 Å². The molecule has 114 valence electrons. The van der Waals surface area contributed by atoms with Gasteiger partial charge in [-0.25, -0.2) is 5.43 Å². The van der Waals surface area contributed by atoms with Gasteiger partial charge in [0.2, 0.25) is 5.91 Å². The van der Waals surface area contributed by atoms with Crippen molar-refractivity contribution >= 4 is 23.4 Å². The fourth-order valence-corrected chi connectivity index (χ4v) is 2.63. The summed E-state index contributed by atoms with van der Waals surface area (Å²) in [6, 6.07) is 16.9. The van der Waals surface area contributed by atoms with Gasteiger partial charge in [-0.05, 0) is 24.6 Å². The monoisotopic (exact) mass is 314 g/mol. The van der Waals surface area contributed by atoms with Gasteiger partial charge in [0, 0.05) is 11.3 Å². The molecule has 5 heteroatoms. The number of hydrogen-bond acceptors (Lipinski definition) is 4. The van der Waals surface area contributed by atoms with Crippen LogP contribution in [0.4, 0.5) is 0 Å². The van der Waals surface area contributed by atoms with Crippen LogP contribution in [-0.4, -0.2) is 22.5 Å². The second-order valence-corrected chi connectivity index (χ2v) is 5.71. The van der Waals surface area contributed by atoms with Crippen LogP contribution in [0.2, 0.25) is 0 Å². The van der Waals surface area contributed by atoms with Crippen LogP contribution in [0, 0.1) is 0 Å². The molecule has 0 spiro atoms. The highest BCUT2D eigenvalue weighted by molar-refractivity contribution is 7.99. The average molecular weight is 314 g/mol. The second kappa shape index (κ2) is 8.24. The lowest BCUT2D eigenvalue weighted by Gasteiger charge is -2.05. The van der Waals surface area contributed by atoms with E-state index in [1.807, 2.05) is 36.4 Å². The van der Waals surface area contributed by atoms with E-state index in [4.69, 9.17) is 0 Å². The number of phenolic OH excluding ortho intramolecular Hbond substituents is 1. The normalized spacial score (nSPS) is 11.2. The molecule has 0 radical (unpaired) electrons. The number of thioether (sulfide) groups is 1. The Balaban J connectivity index is 1.80. The molecule has 0 saturated carbocycles.